The molecule has 0 radical (unpaired) electrons. The maximum atomic E-state index is 5.52. The van der Waals surface area contributed by atoms with Crippen molar-refractivity contribution in [3.05, 3.63) is 24.3 Å². The highest BCUT2D eigenvalue weighted by Gasteiger charge is 1.94. The van der Waals surface area contributed by atoms with Crippen molar-refractivity contribution in [2.45, 2.75) is 19.8 Å². The molecule has 1 aromatic carbocycles. The predicted molar refractivity (Wildman–Crippen MR) is 73.7 cm³/mol. The van der Waals surface area contributed by atoms with Crippen molar-refractivity contribution >= 4 is 17.4 Å². The average molecular weight is 239 g/mol. The highest BCUT2D eigenvalue weighted by atomic mass is 32.2. The van der Waals surface area contributed by atoms with Crippen molar-refractivity contribution in [2.75, 3.05) is 30.5 Å². The van der Waals surface area contributed by atoms with E-state index in [9.17, 15) is 0 Å². The zero-order valence-corrected chi connectivity index (χ0v) is 11.0. The molecule has 1 N–H and O–H groups in total. The Kier molecular flexibility index (Phi) is 6.90. The molecular weight excluding hydrogens is 218 g/mol. The summed E-state index contributed by atoms with van der Waals surface area (Å²) in [6.45, 7) is 3.94. The second-order valence-corrected chi connectivity index (χ2v) is 4.63. The summed E-state index contributed by atoms with van der Waals surface area (Å²) < 4.78 is 5.52. The van der Waals surface area contributed by atoms with E-state index in [1.165, 1.54) is 17.9 Å². The standard InChI is InChI=1S/C13H21NOS/c1-3-10-15-13-7-5-12(6-8-13)14-9-4-11-16-2/h5-8,14H,3-4,9-11H2,1-2H3. The average Bonchev–Trinajstić information content (AvgIpc) is 2.33. The summed E-state index contributed by atoms with van der Waals surface area (Å²) in [6, 6.07) is 8.19. The fourth-order valence-corrected chi connectivity index (χ4v) is 1.77. The predicted octanol–water partition coefficient (Wildman–Crippen LogP) is 3.64. The Morgan fingerprint density at radius 1 is 1.25 bits per heavy atom. The Balaban J connectivity index is 2.27. The van der Waals surface area contributed by atoms with Gasteiger partial charge in [0.1, 0.15) is 5.75 Å². The van der Waals surface area contributed by atoms with E-state index in [4.69, 9.17) is 4.74 Å². The van der Waals surface area contributed by atoms with Gasteiger partial charge in [-0.15, -0.1) is 0 Å². The summed E-state index contributed by atoms with van der Waals surface area (Å²) in [6.07, 6.45) is 4.39. The molecule has 0 atom stereocenters. The zero-order valence-electron chi connectivity index (χ0n) is 10.2. The van der Waals surface area contributed by atoms with Gasteiger partial charge in [-0.3, -0.25) is 0 Å². The molecule has 0 aliphatic carbocycles. The minimum Gasteiger partial charge on any atom is -0.494 e. The van der Waals surface area contributed by atoms with Crippen LogP contribution in [0.1, 0.15) is 19.8 Å². The molecule has 0 spiro atoms. The van der Waals surface area contributed by atoms with Crippen LogP contribution in [0.25, 0.3) is 0 Å². The monoisotopic (exact) mass is 239 g/mol. The van der Waals surface area contributed by atoms with Crippen LogP contribution in [0.15, 0.2) is 24.3 Å². The smallest absolute Gasteiger partial charge is 0.119 e. The van der Waals surface area contributed by atoms with Crippen LogP contribution in [0.5, 0.6) is 5.75 Å². The molecule has 0 aromatic heterocycles. The Morgan fingerprint density at radius 2 is 2.00 bits per heavy atom. The van der Waals surface area contributed by atoms with Gasteiger partial charge < -0.3 is 10.1 Å². The highest BCUT2D eigenvalue weighted by Crippen LogP contribution is 2.15. The van der Waals surface area contributed by atoms with E-state index in [1.807, 2.05) is 23.9 Å². The summed E-state index contributed by atoms with van der Waals surface area (Å²) in [5.74, 6) is 2.17. The molecule has 0 unspecified atom stereocenters. The van der Waals surface area contributed by atoms with Gasteiger partial charge in [0.25, 0.3) is 0 Å². The van der Waals surface area contributed by atoms with Crippen LogP contribution in [-0.2, 0) is 0 Å². The maximum absolute atomic E-state index is 5.52. The van der Waals surface area contributed by atoms with E-state index in [1.54, 1.807) is 0 Å². The van der Waals surface area contributed by atoms with E-state index < -0.39 is 0 Å². The molecule has 0 amide bonds. The van der Waals surface area contributed by atoms with Gasteiger partial charge in [-0.25, -0.2) is 0 Å². The molecular formula is C13H21NOS. The second kappa shape index (κ2) is 8.34. The number of rotatable bonds is 8. The number of hydrogen-bond donors (Lipinski definition) is 1. The topological polar surface area (TPSA) is 21.3 Å². The number of ether oxygens (including phenoxy) is 1. The molecule has 2 nitrogen and oxygen atoms in total. The molecule has 90 valence electrons. The van der Waals surface area contributed by atoms with Gasteiger partial charge in [-0.05, 0) is 49.1 Å². The van der Waals surface area contributed by atoms with E-state index >= 15 is 0 Å². The van der Waals surface area contributed by atoms with Crippen molar-refractivity contribution in [1.82, 2.24) is 0 Å². The molecule has 0 saturated heterocycles. The first kappa shape index (κ1) is 13.2. The maximum Gasteiger partial charge on any atom is 0.119 e. The molecule has 3 heteroatoms. The largest absolute Gasteiger partial charge is 0.494 e. The number of hydrogen-bond acceptors (Lipinski definition) is 3. The number of thioether (sulfide) groups is 1. The molecule has 0 saturated carbocycles. The quantitative estimate of drug-likeness (QED) is 0.700. The fourth-order valence-electron chi connectivity index (χ4n) is 1.34. The van der Waals surface area contributed by atoms with Crippen molar-refractivity contribution < 1.29 is 4.74 Å². The molecule has 0 bridgehead atoms. The first-order chi connectivity index (χ1) is 7.86. The summed E-state index contributed by atoms with van der Waals surface area (Å²) in [5, 5.41) is 3.39. The molecule has 1 rings (SSSR count). The SMILES string of the molecule is CCCOc1ccc(NCCCSC)cc1. The van der Waals surface area contributed by atoms with Crippen molar-refractivity contribution in [3.8, 4) is 5.75 Å². The van der Waals surface area contributed by atoms with Crippen LogP contribution in [0.3, 0.4) is 0 Å². The van der Waals surface area contributed by atoms with Gasteiger partial charge >= 0.3 is 0 Å². The Bertz CT molecular complexity index is 274. The van der Waals surface area contributed by atoms with E-state index in [0.29, 0.717) is 0 Å². The lowest BCUT2D eigenvalue weighted by atomic mass is 10.3. The van der Waals surface area contributed by atoms with Gasteiger partial charge in [0.15, 0.2) is 0 Å². The first-order valence-corrected chi connectivity index (χ1v) is 7.22. The lowest BCUT2D eigenvalue weighted by Gasteiger charge is -2.08. The van der Waals surface area contributed by atoms with Gasteiger partial charge in [-0.2, -0.15) is 11.8 Å². The minimum absolute atomic E-state index is 0.792. The number of benzene rings is 1. The summed E-state index contributed by atoms with van der Waals surface area (Å²) in [7, 11) is 0. The van der Waals surface area contributed by atoms with Crippen LogP contribution in [0, 0.1) is 0 Å². The number of nitrogens with one attached hydrogen (secondary N) is 1. The first-order valence-electron chi connectivity index (χ1n) is 5.82. The van der Waals surface area contributed by atoms with Gasteiger partial charge in [0, 0.05) is 12.2 Å². The van der Waals surface area contributed by atoms with Gasteiger partial charge in [0.05, 0.1) is 6.61 Å². The highest BCUT2D eigenvalue weighted by molar-refractivity contribution is 7.98. The van der Waals surface area contributed by atoms with Crippen molar-refractivity contribution in [1.29, 1.82) is 0 Å². The van der Waals surface area contributed by atoms with Crippen LogP contribution < -0.4 is 10.1 Å². The van der Waals surface area contributed by atoms with E-state index in [2.05, 4.69) is 30.6 Å². The lowest BCUT2D eigenvalue weighted by Crippen LogP contribution is -2.02. The Labute approximate surface area is 103 Å². The molecule has 1 aromatic rings. The summed E-state index contributed by atoms with van der Waals surface area (Å²) in [5.41, 5.74) is 1.17. The minimum atomic E-state index is 0.792. The Morgan fingerprint density at radius 3 is 2.62 bits per heavy atom. The normalized spacial score (nSPS) is 10.1. The van der Waals surface area contributed by atoms with Crippen LogP contribution in [-0.4, -0.2) is 25.2 Å². The second-order valence-electron chi connectivity index (χ2n) is 3.65. The third kappa shape index (κ3) is 5.31. The molecule has 0 aliphatic rings. The van der Waals surface area contributed by atoms with Gasteiger partial charge in [-0.1, -0.05) is 6.92 Å². The molecule has 0 fully saturated rings. The van der Waals surface area contributed by atoms with Crippen molar-refractivity contribution in [2.24, 2.45) is 0 Å². The fraction of sp³-hybridized carbons (Fsp3) is 0.538. The van der Waals surface area contributed by atoms with Crippen LogP contribution >= 0.6 is 11.8 Å². The van der Waals surface area contributed by atoms with Gasteiger partial charge in [0.2, 0.25) is 0 Å². The molecule has 0 heterocycles. The lowest BCUT2D eigenvalue weighted by molar-refractivity contribution is 0.317. The third-order valence-corrected chi connectivity index (χ3v) is 2.88. The molecule has 0 aliphatic heterocycles. The third-order valence-electron chi connectivity index (χ3n) is 2.18. The summed E-state index contributed by atoms with van der Waals surface area (Å²) >= 11 is 1.89. The molecule has 16 heavy (non-hydrogen) atoms. The number of anilines is 1. The van der Waals surface area contributed by atoms with E-state index in [0.717, 1.165) is 25.3 Å². The van der Waals surface area contributed by atoms with Crippen LogP contribution in [0.2, 0.25) is 0 Å². The Hall–Kier alpha value is -0.830. The van der Waals surface area contributed by atoms with Crippen LogP contribution in [0.4, 0.5) is 5.69 Å². The summed E-state index contributed by atoms with van der Waals surface area (Å²) in [4.78, 5) is 0. The zero-order chi connectivity index (χ0) is 11.6. The van der Waals surface area contributed by atoms with Crippen molar-refractivity contribution in [3.63, 3.8) is 0 Å². The van der Waals surface area contributed by atoms with E-state index in [-0.39, 0.29) is 0 Å².